The molecule has 0 aliphatic carbocycles. The van der Waals surface area contributed by atoms with E-state index < -0.39 is 7.32 Å². The van der Waals surface area contributed by atoms with E-state index in [0.29, 0.717) is 18.1 Å². The lowest BCUT2D eigenvalue weighted by Crippen LogP contribution is -2.43. The highest BCUT2D eigenvalue weighted by Crippen LogP contribution is 2.45. The maximum Gasteiger partial charge on any atom is 0.788 e. The Morgan fingerprint density at radius 1 is 0.885 bits per heavy atom. The maximum atomic E-state index is 6.10. The fraction of sp³-hybridized carbons (Fsp3) is 0.400. The van der Waals surface area contributed by atoms with Gasteiger partial charge in [-0.1, -0.05) is 43.3 Å². The van der Waals surface area contributed by atoms with Crippen LogP contribution in [0, 0.1) is 5.41 Å². The van der Waals surface area contributed by atoms with Gasteiger partial charge in [0, 0.05) is 12.0 Å². The topological polar surface area (TPSA) is 52.8 Å². The van der Waals surface area contributed by atoms with Crippen LogP contribution in [0.25, 0.3) is 0 Å². The average molecular weight is 354 g/mol. The van der Waals surface area contributed by atoms with Crippen LogP contribution in [0.1, 0.15) is 13.3 Å². The van der Waals surface area contributed by atoms with E-state index in [1.165, 1.54) is 0 Å². The lowest BCUT2D eigenvalue weighted by atomic mass is 9.79. The van der Waals surface area contributed by atoms with Gasteiger partial charge in [0.05, 0.1) is 25.4 Å². The van der Waals surface area contributed by atoms with Crippen LogP contribution in [-0.4, -0.2) is 39.3 Å². The third-order valence-corrected chi connectivity index (χ3v) is 5.05. The zero-order chi connectivity index (χ0) is 17.8. The molecule has 0 radical (unpaired) electrons. The van der Waals surface area contributed by atoms with Gasteiger partial charge in [-0.2, -0.15) is 0 Å². The summed E-state index contributed by atoms with van der Waals surface area (Å²) in [5.74, 6) is 1.39. The molecule has 2 aromatic rings. The van der Waals surface area contributed by atoms with Crippen molar-refractivity contribution in [1.82, 2.24) is 0 Å². The van der Waals surface area contributed by atoms with Crippen LogP contribution < -0.4 is 9.31 Å². The van der Waals surface area contributed by atoms with E-state index in [2.05, 4.69) is 6.92 Å². The molecule has 2 atom stereocenters. The molecule has 0 amide bonds. The number of para-hydroxylation sites is 2. The van der Waals surface area contributed by atoms with Gasteiger partial charge in [0.1, 0.15) is 11.5 Å². The minimum Gasteiger partial charge on any atom is -0.501 e. The molecule has 0 aromatic heterocycles. The van der Waals surface area contributed by atoms with Crippen molar-refractivity contribution >= 4 is 7.32 Å². The van der Waals surface area contributed by atoms with Crippen molar-refractivity contribution in [3.05, 3.63) is 60.7 Å². The smallest absolute Gasteiger partial charge is 0.501 e. The monoisotopic (exact) mass is 354 g/mol. The largest absolute Gasteiger partial charge is 0.788 e. The van der Waals surface area contributed by atoms with Crippen LogP contribution in [0.3, 0.4) is 0 Å². The number of hydrogen-bond acceptors (Lipinski definition) is 5. The molecule has 2 aromatic carbocycles. The zero-order valence-corrected chi connectivity index (χ0v) is 14.9. The first kappa shape index (κ1) is 17.4. The van der Waals surface area contributed by atoms with Crippen molar-refractivity contribution in [3.63, 3.8) is 0 Å². The third-order valence-electron chi connectivity index (χ3n) is 5.05. The molecule has 2 aliphatic heterocycles. The lowest BCUT2D eigenvalue weighted by molar-refractivity contribution is 0.0469. The van der Waals surface area contributed by atoms with E-state index in [4.69, 9.17) is 23.4 Å². The molecule has 2 heterocycles. The molecule has 2 saturated heterocycles. The molecule has 0 saturated carbocycles. The van der Waals surface area contributed by atoms with E-state index >= 15 is 0 Å². The number of benzene rings is 2. The van der Waals surface area contributed by atoms with Gasteiger partial charge in [-0.15, -0.1) is 0 Å². The van der Waals surface area contributed by atoms with Gasteiger partial charge in [-0.25, -0.2) is 0 Å². The van der Waals surface area contributed by atoms with Gasteiger partial charge in [0.2, 0.25) is 0 Å². The molecule has 136 valence electrons. The summed E-state index contributed by atoms with van der Waals surface area (Å²) in [6.45, 7) is 4.14. The van der Waals surface area contributed by atoms with E-state index in [0.717, 1.165) is 19.6 Å². The second-order valence-corrected chi connectivity index (χ2v) is 6.69. The average Bonchev–Trinajstić information content (AvgIpc) is 3.57. The van der Waals surface area contributed by atoms with Crippen LogP contribution >= 0.6 is 0 Å². The second-order valence-electron chi connectivity index (χ2n) is 6.69. The summed E-state index contributed by atoms with van der Waals surface area (Å²) in [6, 6.07) is 19.1. The summed E-state index contributed by atoms with van der Waals surface area (Å²) >= 11 is 0. The molecule has 26 heavy (non-hydrogen) atoms. The van der Waals surface area contributed by atoms with Crippen LogP contribution in [-0.2, 0) is 14.1 Å². The van der Waals surface area contributed by atoms with Gasteiger partial charge in [0.25, 0.3) is 0 Å². The predicted molar refractivity (Wildman–Crippen MR) is 98.1 cm³/mol. The number of epoxide rings is 2. The van der Waals surface area contributed by atoms with E-state index in [-0.39, 0.29) is 17.6 Å². The van der Waals surface area contributed by atoms with Crippen molar-refractivity contribution in [3.8, 4) is 11.5 Å². The quantitative estimate of drug-likeness (QED) is 0.484. The number of ether oxygens (including phenoxy) is 2. The molecule has 0 N–H and O–H groups in total. The van der Waals surface area contributed by atoms with Gasteiger partial charge in [-0.3, -0.25) is 0 Å². The number of hydrogen-bond donors (Lipinski definition) is 0. The molecule has 0 spiro atoms. The molecule has 2 fully saturated rings. The van der Waals surface area contributed by atoms with E-state index in [1.54, 1.807) is 0 Å². The molecule has 4 rings (SSSR count). The Morgan fingerprint density at radius 3 is 1.73 bits per heavy atom. The Morgan fingerprint density at radius 2 is 1.35 bits per heavy atom. The maximum absolute atomic E-state index is 6.10. The molecular formula is C20H23BO5. The van der Waals surface area contributed by atoms with Gasteiger partial charge in [0.15, 0.2) is 0 Å². The molecule has 2 aliphatic rings. The van der Waals surface area contributed by atoms with Crippen molar-refractivity contribution in [2.45, 2.75) is 25.6 Å². The summed E-state index contributed by atoms with van der Waals surface area (Å²) in [6.07, 6.45) is 1.30. The lowest BCUT2D eigenvalue weighted by Gasteiger charge is -2.30. The molecule has 0 bridgehead atoms. The van der Waals surface area contributed by atoms with Crippen LogP contribution in [0.5, 0.6) is 11.5 Å². The Hall–Kier alpha value is -2.02. The van der Waals surface area contributed by atoms with Crippen molar-refractivity contribution in [1.29, 1.82) is 0 Å². The standard InChI is InChI=1S/C20H23BO5/c1-2-20(18-13-22-18,19-14-23-19)15-24-21(25-16-9-5-3-6-10-16)26-17-11-7-4-8-12-17/h3-12,18-19H,2,13-15H2,1H3. The third kappa shape index (κ3) is 4.03. The summed E-state index contributed by atoms with van der Waals surface area (Å²) < 4.78 is 29.2. The first-order valence-corrected chi connectivity index (χ1v) is 9.08. The second kappa shape index (κ2) is 7.70. The van der Waals surface area contributed by atoms with Gasteiger partial charge < -0.3 is 23.4 Å². The number of rotatable bonds is 10. The fourth-order valence-corrected chi connectivity index (χ4v) is 3.25. The molecule has 5 nitrogen and oxygen atoms in total. The Kier molecular flexibility index (Phi) is 5.15. The van der Waals surface area contributed by atoms with Crippen molar-refractivity contribution < 1.29 is 23.4 Å². The van der Waals surface area contributed by atoms with E-state index in [1.807, 2.05) is 60.7 Å². The van der Waals surface area contributed by atoms with Gasteiger partial charge in [-0.05, 0) is 30.7 Å². The van der Waals surface area contributed by atoms with Crippen LogP contribution in [0.2, 0.25) is 0 Å². The molecule has 6 heteroatoms. The van der Waals surface area contributed by atoms with E-state index in [9.17, 15) is 0 Å². The van der Waals surface area contributed by atoms with Gasteiger partial charge >= 0.3 is 7.32 Å². The molecule has 2 unspecified atom stereocenters. The van der Waals surface area contributed by atoms with Crippen LogP contribution in [0.4, 0.5) is 0 Å². The normalized spacial score (nSPS) is 23.0. The summed E-state index contributed by atoms with van der Waals surface area (Å²) in [5, 5.41) is 0. The Bertz CT molecular complexity index is 634. The summed E-state index contributed by atoms with van der Waals surface area (Å²) in [4.78, 5) is 0. The Balaban J connectivity index is 1.46. The first-order chi connectivity index (χ1) is 12.8. The minimum atomic E-state index is -0.844. The van der Waals surface area contributed by atoms with Crippen molar-refractivity contribution in [2.75, 3.05) is 19.8 Å². The van der Waals surface area contributed by atoms with Crippen molar-refractivity contribution in [2.24, 2.45) is 5.41 Å². The highest BCUT2D eigenvalue weighted by atomic mass is 16.7. The molecular weight excluding hydrogens is 331 g/mol. The predicted octanol–water partition coefficient (Wildman–Crippen LogP) is 3.34. The SMILES string of the molecule is CCC(COB(Oc1ccccc1)Oc1ccccc1)(C1CO1)C1CO1. The Labute approximate surface area is 154 Å². The first-order valence-electron chi connectivity index (χ1n) is 9.08. The summed E-state index contributed by atoms with van der Waals surface area (Å²) in [5.41, 5.74) is -0.141. The highest BCUT2D eigenvalue weighted by molar-refractivity contribution is 6.38. The summed E-state index contributed by atoms with van der Waals surface area (Å²) in [7, 11) is -0.844. The van der Waals surface area contributed by atoms with Crippen LogP contribution in [0.15, 0.2) is 60.7 Å². The highest BCUT2D eigenvalue weighted by Gasteiger charge is 2.57. The minimum absolute atomic E-state index is 0.141. The fourth-order valence-electron chi connectivity index (χ4n) is 3.25. The zero-order valence-electron chi connectivity index (χ0n) is 14.9.